The van der Waals surface area contributed by atoms with Gasteiger partial charge in [-0.15, -0.1) is 0 Å². The van der Waals surface area contributed by atoms with Gasteiger partial charge in [0.05, 0.1) is 12.0 Å². The summed E-state index contributed by atoms with van der Waals surface area (Å²) in [4.78, 5) is 17.0. The molecule has 1 saturated heterocycles. The molecule has 0 aromatic heterocycles. The van der Waals surface area contributed by atoms with Crippen LogP contribution in [0.2, 0.25) is 0 Å². The Hall–Kier alpha value is -0.610. The number of hydrogen-bond donors (Lipinski definition) is 0. The molecule has 0 aliphatic carbocycles. The van der Waals surface area contributed by atoms with E-state index in [1.165, 1.54) is 0 Å². The van der Waals surface area contributed by atoms with Crippen molar-refractivity contribution < 1.29 is 9.53 Å². The van der Waals surface area contributed by atoms with Crippen molar-refractivity contribution in [2.24, 2.45) is 10.8 Å². The molecule has 0 atom stereocenters. The Morgan fingerprint density at radius 2 is 1.62 bits per heavy atom. The van der Waals surface area contributed by atoms with E-state index in [0.29, 0.717) is 6.61 Å². The first-order chi connectivity index (χ1) is 9.60. The molecule has 0 saturated carbocycles. The third-order valence-electron chi connectivity index (χ3n) is 3.97. The average molecular weight is 298 g/mol. The number of esters is 1. The van der Waals surface area contributed by atoms with Crippen molar-refractivity contribution in [2.75, 3.05) is 46.4 Å². The Balaban J connectivity index is 2.21. The second-order valence-electron chi connectivity index (χ2n) is 8.26. The molecule has 1 fully saturated rings. The van der Waals surface area contributed by atoms with Gasteiger partial charge in [0.2, 0.25) is 0 Å². The highest BCUT2D eigenvalue weighted by Crippen LogP contribution is 2.34. The zero-order valence-electron chi connectivity index (χ0n) is 14.9. The lowest BCUT2D eigenvalue weighted by atomic mass is 9.76. The molecule has 0 spiro atoms. The molecule has 1 aliphatic rings. The molecule has 0 N–H and O–H groups in total. The summed E-state index contributed by atoms with van der Waals surface area (Å²) in [5.41, 5.74) is -0.256. The minimum Gasteiger partial charge on any atom is -0.465 e. The lowest BCUT2D eigenvalue weighted by molar-refractivity contribution is -0.155. The van der Waals surface area contributed by atoms with Crippen LogP contribution in [0.5, 0.6) is 0 Å². The molecule has 1 heterocycles. The van der Waals surface area contributed by atoms with Gasteiger partial charge in [0.15, 0.2) is 0 Å². The second-order valence-corrected chi connectivity index (χ2v) is 8.26. The quantitative estimate of drug-likeness (QED) is 0.557. The van der Waals surface area contributed by atoms with E-state index in [0.717, 1.165) is 45.6 Å². The summed E-state index contributed by atoms with van der Waals surface area (Å²) in [5.74, 6) is -0.0594. The maximum absolute atomic E-state index is 12.2. The van der Waals surface area contributed by atoms with Crippen molar-refractivity contribution in [1.82, 2.24) is 9.80 Å². The molecule has 124 valence electrons. The van der Waals surface area contributed by atoms with Gasteiger partial charge in [-0.05, 0) is 39.2 Å². The molecule has 0 aromatic rings. The van der Waals surface area contributed by atoms with E-state index in [9.17, 15) is 4.79 Å². The molecule has 0 bridgehead atoms. The molecular weight excluding hydrogens is 264 g/mol. The number of carbonyl (C=O) groups is 1. The number of rotatable bonds is 6. The molecule has 1 rings (SSSR count). The van der Waals surface area contributed by atoms with Gasteiger partial charge in [0.25, 0.3) is 0 Å². The average Bonchev–Trinajstić information content (AvgIpc) is 2.33. The molecule has 4 heteroatoms. The Morgan fingerprint density at radius 3 is 2.14 bits per heavy atom. The van der Waals surface area contributed by atoms with Crippen LogP contribution < -0.4 is 0 Å². The van der Waals surface area contributed by atoms with E-state index in [-0.39, 0.29) is 11.4 Å². The summed E-state index contributed by atoms with van der Waals surface area (Å²) in [5, 5.41) is 0. The summed E-state index contributed by atoms with van der Waals surface area (Å²) in [6.07, 6.45) is 1.78. The third kappa shape index (κ3) is 7.28. The minimum atomic E-state index is -0.397. The Labute approximate surface area is 130 Å². The fourth-order valence-corrected chi connectivity index (χ4v) is 3.12. The van der Waals surface area contributed by atoms with Gasteiger partial charge in [0.1, 0.15) is 0 Å². The maximum Gasteiger partial charge on any atom is 0.311 e. The largest absolute Gasteiger partial charge is 0.465 e. The van der Waals surface area contributed by atoms with Gasteiger partial charge >= 0.3 is 5.97 Å². The second kappa shape index (κ2) is 7.59. The highest BCUT2D eigenvalue weighted by molar-refractivity contribution is 5.75. The Morgan fingerprint density at radius 1 is 1.05 bits per heavy atom. The van der Waals surface area contributed by atoms with Crippen LogP contribution in [-0.2, 0) is 9.53 Å². The van der Waals surface area contributed by atoms with Crippen LogP contribution >= 0.6 is 0 Å². The number of carbonyl (C=O) groups excluding carboxylic acids is 1. The van der Waals surface area contributed by atoms with E-state index < -0.39 is 5.41 Å². The molecule has 0 amide bonds. The summed E-state index contributed by atoms with van der Waals surface area (Å²) in [6.45, 7) is 16.6. The molecule has 0 unspecified atom stereocenters. The molecule has 21 heavy (non-hydrogen) atoms. The predicted molar refractivity (Wildman–Crippen MR) is 87.4 cm³/mol. The van der Waals surface area contributed by atoms with Crippen LogP contribution in [0.1, 0.15) is 47.5 Å². The molecule has 0 radical (unpaired) electrons. The predicted octanol–water partition coefficient (Wildman–Crippen LogP) is 2.63. The van der Waals surface area contributed by atoms with Crippen molar-refractivity contribution in [1.29, 1.82) is 0 Å². The van der Waals surface area contributed by atoms with Crippen molar-refractivity contribution in [3.05, 3.63) is 0 Å². The highest BCUT2D eigenvalue weighted by Gasteiger charge is 2.33. The number of piperazine rings is 1. The van der Waals surface area contributed by atoms with Crippen molar-refractivity contribution in [3.63, 3.8) is 0 Å². The Bertz CT molecular complexity index is 326. The van der Waals surface area contributed by atoms with Gasteiger partial charge in [-0.1, -0.05) is 20.8 Å². The topological polar surface area (TPSA) is 32.8 Å². The van der Waals surface area contributed by atoms with Gasteiger partial charge in [-0.25, -0.2) is 0 Å². The van der Waals surface area contributed by atoms with Crippen LogP contribution in [0.4, 0.5) is 0 Å². The first-order valence-electron chi connectivity index (χ1n) is 8.18. The van der Waals surface area contributed by atoms with Crippen LogP contribution in [0.25, 0.3) is 0 Å². The van der Waals surface area contributed by atoms with Crippen molar-refractivity contribution >= 4 is 5.97 Å². The van der Waals surface area contributed by atoms with Crippen molar-refractivity contribution in [2.45, 2.75) is 47.5 Å². The van der Waals surface area contributed by atoms with Crippen LogP contribution in [0.3, 0.4) is 0 Å². The summed E-state index contributed by atoms with van der Waals surface area (Å²) < 4.78 is 5.49. The molecule has 0 aromatic carbocycles. The lowest BCUT2D eigenvalue weighted by Crippen LogP contribution is -2.44. The van der Waals surface area contributed by atoms with Crippen molar-refractivity contribution in [3.8, 4) is 0 Å². The first-order valence-corrected chi connectivity index (χ1v) is 8.18. The Kier molecular flexibility index (Phi) is 6.67. The number of likely N-dealkylation sites (N-methyl/N-ethyl adjacent to an activating group) is 1. The van der Waals surface area contributed by atoms with Gasteiger partial charge in [-0.3, -0.25) is 4.79 Å². The zero-order chi connectivity index (χ0) is 16.1. The molecule has 4 nitrogen and oxygen atoms in total. The smallest absolute Gasteiger partial charge is 0.311 e. The number of hydrogen-bond acceptors (Lipinski definition) is 4. The summed E-state index contributed by atoms with van der Waals surface area (Å²) in [6, 6.07) is 0. The zero-order valence-corrected chi connectivity index (χ0v) is 14.9. The summed E-state index contributed by atoms with van der Waals surface area (Å²) in [7, 11) is 2.16. The third-order valence-corrected chi connectivity index (χ3v) is 3.97. The van der Waals surface area contributed by atoms with E-state index in [4.69, 9.17) is 4.74 Å². The normalized spacial score (nSPS) is 18.8. The van der Waals surface area contributed by atoms with E-state index in [1.807, 2.05) is 13.8 Å². The number of ether oxygens (including phenoxy) is 1. The van der Waals surface area contributed by atoms with E-state index in [1.54, 1.807) is 0 Å². The van der Waals surface area contributed by atoms with E-state index in [2.05, 4.69) is 37.6 Å². The number of nitrogens with zero attached hydrogens (tertiary/aromatic N) is 2. The van der Waals surface area contributed by atoms with Gasteiger partial charge in [0, 0.05) is 32.7 Å². The SMILES string of the molecule is CN1CCN(CCCOC(=O)C(C)(C)CC(C)(C)C)CC1. The van der Waals surface area contributed by atoms with Crippen LogP contribution in [0, 0.1) is 10.8 Å². The first kappa shape index (κ1) is 18.4. The van der Waals surface area contributed by atoms with E-state index >= 15 is 0 Å². The fraction of sp³-hybridized carbons (Fsp3) is 0.941. The van der Waals surface area contributed by atoms with Crippen LogP contribution in [0.15, 0.2) is 0 Å². The van der Waals surface area contributed by atoms with Gasteiger partial charge in [-0.2, -0.15) is 0 Å². The van der Waals surface area contributed by atoms with Gasteiger partial charge < -0.3 is 14.5 Å². The van der Waals surface area contributed by atoms with Crippen LogP contribution in [-0.4, -0.2) is 62.1 Å². The minimum absolute atomic E-state index is 0.0594. The molecule has 1 aliphatic heterocycles. The lowest BCUT2D eigenvalue weighted by Gasteiger charge is -2.32. The monoisotopic (exact) mass is 298 g/mol. The highest BCUT2D eigenvalue weighted by atomic mass is 16.5. The fourth-order valence-electron chi connectivity index (χ4n) is 3.12. The standard InChI is InChI=1S/C17H34N2O2/c1-16(2,3)14-17(4,5)15(20)21-13-7-8-19-11-9-18(6)10-12-19/h7-14H2,1-6H3. The maximum atomic E-state index is 12.2. The molecular formula is C17H34N2O2. The summed E-state index contributed by atoms with van der Waals surface area (Å²) >= 11 is 0.